The van der Waals surface area contributed by atoms with Gasteiger partial charge in [0.2, 0.25) is 0 Å². The minimum atomic E-state index is -0.872. The first kappa shape index (κ1) is 11.6. The van der Waals surface area contributed by atoms with Gasteiger partial charge in [0.15, 0.2) is 0 Å². The Morgan fingerprint density at radius 3 is 2.62 bits per heavy atom. The maximum Gasteiger partial charge on any atom is 0.0564 e. The summed E-state index contributed by atoms with van der Waals surface area (Å²) in [4.78, 5) is 0.937. The first-order valence-electron chi connectivity index (χ1n) is 5.95. The minimum Gasteiger partial charge on any atom is -0.399 e. The summed E-state index contributed by atoms with van der Waals surface area (Å²) in [5.41, 5.74) is 7.57. The Balaban J connectivity index is 2.22. The highest BCUT2D eigenvalue weighted by atomic mass is 32.2. The Hall–Kier alpha value is -0.830. The van der Waals surface area contributed by atoms with Crippen LogP contribution in [-0.4, -0.2) is 9.46 Å². The number of nitrogens with two attached hydrogens (primary N) is 1. The van der Waals surface area contributed by atoms with Crippen molar-refractivity contribution in [3.63, 3.8) is 0 Å². The summed E-state index contributed by atoms with van der Waals surface area (Å²) < 4.78 is 12.4. The molecule has 1 aromatic rings. The van der Waals surface area contributed by atoms with Crippen LogP contribution in [0.4, 0.5) is 5.69 Å². The van der Waals surface area contributed by atoms with E-state index in [0.29, 0.717) is 10.9 Å². The number of rotatable bonds is 2. The molecule has 0 aliphatic heterocycles. The smallest absolute Gasteiger partial charge is 0.0564 e. The molecule has 0 saturated heterocycles. The third-order valence-electron chi connectivity index (χ3n) is 3.28. The lowest BCUT2D eigenvalue weighted by Gasteiger charge is -2.21. The Labute approximate surface area is 99.7 Å². The molecule has 2 N–H and O–H groups in total. The Morgan fingerprint density at radius 1 is 1.25 bits per heavy atom. The van der Waals surface area contributed by atoms with Gasteiger partial charge < -0.3 is 5.73 Å². The summed E-state index contributed by atoms with van der Waals surface area (Å²) >= 11 is 0. The molecule has 1 unspecified atom stereocenters. The van der Waals surface area contributed by atoms with Crippen LogP contribution < -0.4 is 5.73 Å². The Bertz CT molecular complexity index is 397. The van der Waals surface area contributed by atoms with E-state index in [-0.39, 0.29) is 0 Å². The van der Waals surface area contributed by atoms with Gasteiger partial charge in [-0.25, -0.2) is 0 Å². The van der Waals surface area contributed by atoms with Crippen molar-refractivity contribution in [1.82, 2.24) is 0 Å². The molecule has 1 aliphatic carbocycles. The number of hydrogen-bond acceptors (Lipinski definition) is 2. The molecular formula is C13H19NOS. The molecule has 0 bridgehead atoms. The van der Waals surface area contributed by atoms with Crippen LogP contribution in [0.2, 0.25) is 0 Å². The largest absolute Gasteiger partial charge is 0.399 e. The highest BCUT2D eigenvalue weighted by Gasteiger charge is 2.22. The second-order valence-corrected chi connectivity index (χ2v) is 6.28. The third-order valence-corrected chi connectivity index (χ3v) is 5.23. The van der Waals surface area contributed by atoms with Crippen molar-refractivity contribution in [2.75, 3.05) is 5.73 Å². The van der Waals surface area contributed by atoms with Crippen LogP contribution in [0.15, 0.2) is 23.1 Å². The Morgan fingerprint density at radius 2 is 1.94 bits per heavy atom. The SMILES string of the molecule is Cc1ccc(N)cc1S(=O)C1CCCCC1. The van der Waals surface area contributed by atoms with Gasteiger partial charge in [-0.05, 0) is 37.5 Å². The van der Waals surface area contributed by atoms with Crippen molar-refractivity contribution in [1.29, 1.82) is 0 Å². The molecule has 16 heavy (non-hydrogen) atoms. The molecule has 0 spiro atoms. The fraction of sp³-hybridized carbons (Fsp3) is 0.538. The van der Waals surface area contributed by atoms with Crippen molar-refractivity contribution >= 4 is 16.5 Å². The zero-order valence-electron chi connectivity index (χ0n) is 9.74. The van der Waals surface area contributed by atoms with Crippen molar-refractivity contribution in [3.8, 4) is 0 Å². The molecule has 1 fully saturated rings. The van der Waals surface area contributed by atoms with Gasteiger partial charge in [-0.2, -0.15) is 0 Å². The van der Waals surface area contributed by atoms with Gasteiger partial charge in [-0.3, -0.25) is 4.21 Å². The zero-order chi connectivity index (χ0) is 11.5. The lowest BCUT2D eigenvalue weighted by molar-refractivity contribution is 0.504. The van der Waals surface area contributed by atoms with Crippen molar-refractivity contribution in [2.24, 2.45) is 0 Å². The summed E-state index contributed by atoms with van der Waals surface area (Å²) in [7, 11) is -0.872. The van der Waals surface area contributed by atoms with Crippen LogP contribution in [0.5, 0.6) is 0 Å². The van der Waals surface area contributed by atoms with E-state index in [4.69, 9.17) is 5.73 Å². The average molecular weight is 237 g/mol. The highest BCUT2D eigenvalue weighted by Crippen LogP contribution is 2.28. The monoisotopic (exact) mass is 237 g/mol. The summed E-state index contributed by atoms with van der Waals surface area (Å²) in [6.45, 7) is 2.01. The van der Waals surface area contributed by atoms with Crippen molar-refractivity contribution in [3.05, 3.63) is 23.8 Å². The van der Waals surface area contributed by atoms with E-state index in [0.717, 1.165) is 23.3 Å². The predicted molar refractivity (Wildman–Crippen MR) is 68.9 cm³/mol. The van der Waals surface area contributed by atoms with Gasteiger partial charge in [0.05, 0.1) is 10.8 Å². The molecule has 88 valence electrons. The second kappa shape index (κ2) is 5.00. The van der Waals surface area contributed by atoms with E-state index < -0.39 is 10.8 Å². The summed E-state index contributed by atoms with van der Waals surface area (Å²) in [5.74, 6) is 0. The van der Waals surface area contributed by atoms with Gasteiger partial charge in [0.25, 0.3) is 0 Å². The maximum atomic E-state index is 12.4. The van der Waals surface area contributed by atoms with Crippen LogP contribution in [0.1, 0.15) is 37.7 Å². The summed E-state index contributed by atoms with van der Waals surface area (Å²) in [6, 6.07) is 5.71. The summed E-state index contributed by atoms with van der Waals surface area (Å²) in [6.07, 6.45) is 5.93. The molecule has 0 heterocycles. The topological polar surface area (TPSA) is 43.1 Å². The normalized spacial score (nSPS) is 19.6. The molecule has 3 heteroatoms. The first-order chi connectivity index (χ1) is 7.68. The molecular weight excluding hydrogens is 218 g/mol. The van der Waals surface area contributed by atoms with Crippen LogP contribution in [-0.2, 0) is 10.8 Å². The van der Waals surface area contributed by atoms with Crippen LogP contribution in [0.25, 0.3) is 0 Å². The quantitative estimate of drug-likeness (QED) is 0.803. The Kier molecular flexibility index (Phi) is 3.64. The molecule has 2 nitrogen and oxygen atoms in total. The lowest BCUT2D eigenvalue weighted by Crippen LogP contribution is -2.19. The minimum absolute atomic E-state index is 0.342. The molecule has 1 aliphatic rings. The predicted octanol–water partition coefficient (Wildman–Crippen LogP) is 3.02. The van der Waals surface area contributed by atoms with E-state index in [1.54, 1.807) is 0 Å². The molecule has 1 aromatic carbocycles. The fourth-order valence-electron chi connectivity index (χ4n) is 2.29. The van der Waals surface area contributed by atoms with Crippen LogP contribution in [0.3, 0.4) is 0 Å². The number of aryl methyl sites for hydroxylation is 1. The van der Waals surface area contributed by atoms with E-state index in [1.807, 2.05) is 25.1 Å². The molecule has 1 atom stereocenters. The zero-order valence-corrected chi connectivity index (χ0v) is 10.6. The maximum absolute atomic E-state index is 12.4. The van der Waals surface area contributed by atoms with E-state index in [9.17, 15) is 4.21 Å². The fourth-order valence-corrected chi connectivity index (χ4v) is 4.05. The second-order valence-electron chi connectivity index (χ2n) is 4.58. The van der Waals surface area contributed by atoms with E-state index >= 15 is 0 Å². The highest BCUT2D eigenvalue weighted by molar-refractivity contribution is 7.85. The number of anilines is 1. The van der Waals surface area contributed by atoms with Gasteiger partial charge >= 0.3 is 0 Å². The van der Waals surface area contributed by atoms with Gasteiger partial charge in [-0.15, -0.1) is 0 Å². The van der Waals surface area contributed by atoms with Gasteiger partial charge in [0.1, 0.15) is 0 Å². The molecule has 0 aromatic heterocycles. The number of hydrogen-bond donors (Lipinski definition) is 1. The average Bonchev–Trinajstić information content (AvgIpc) is 2.32. The van der Waals surface area contributed by atoms with Crippen molar-refractivity contribution in [2.45, 2.75) is 49.2 Å². The van der Waals surface area contributed by atoms with E-state index in [2.05, 4.69) is 0 Å². The first-order valence-corrected chi connectivity index (χ1v) is 7.16. The molecule has 2 rings (SSSR count). The molecule has 0 amide bonds. The lowest BCUT2D eigenvalue weighted by atomic mass is 10.0. The van der Waals surface area contributed by atoms with Crippen molar-refractivity contribution < 1.29 is 4.21 Å². The number of nitrogen functional groups attached to an aromatic ring is 1. The van der Waals surface area contributed by atoms with E-state index in [1.165, 1.54) is 19.3 Å². The van der Waals surface area contributed by atoms with Crippen LogP contribution >= 0.6 is 0 Å². The van der Waals surface area contributed by atoms with Gasteiger partial charge in [0, 0.05) is 15.8 Å². The van der Waals surface area contributed by atoms with Crippen LogP contribution in [0, 0.1) is 6.92 Å². The number of benzene rings is 1. The molecule has 0 radical (unpaired) electrons. The standard InChI is InChI=1S/C13H19NOS/c1-10-7-8-11(14)9-13(10)16(15)12-5-3-2-4-6-12/h7-9,12H,2-6,14H2,1H3. The summed E-state index contributed by atoms with van der Waals surface area (Å²) in [5, 5.41) is 0.342. The molecule has 1 saturated carbocycles. The third kappa shape index (κ3) is 2.46. The van der Waals surface area contributed by atoms with Gasteiger partial charge in [-0.1, -0.05) is 25.3 Å².